The van der Waals surface area contributed by atoms with Gasteiger partial charge in [0, 0.05) is 57.1 Å². The number of anilines is 3. The summed E-state index contributed by atoms with van der Waals surface area (Å²) < 4.78 is 16.1. The van der Waals surface area contributed by atoms with Gasteiger partial charge in [0.15, 0.2) is 11.5 Å². The van der Waals surface area contributed by atoms with Gasteiger partial charge in [-0.3, -0.25) is 4.79 Å². The maximum absolute atomic E-state index is 11.5. The Labute approximate surface area is 164 Å². The van der Waals surface area contributed by atoms with Crippen LogP contribution in [0.4, 0.5) is 17.5 Å². The lowest BCUT2D eigenvalue weighted by molar-refractivity contribution is -0.129. The molecule has 1 N–H and O–H groups in total. The van der Waals surface area contributed by atoms with Gasteiger partial charge in [-0.25, -0.2) is 4.98 Å². The van der Waals surface area contributed by atoms with Gasteiger partial charge in [-0.15, -0.1) is 0 Å². The summed E-state index contributed by atoms with van der Waals surface area (Å²) >= 11 is 0. The Morgan fingerprint density at radius 2 is 1.68 bits per heavy atom. The summed E-state index contributed by atoms with van der Waals surface area (Å²) in [5.41, 5.74) is 0.716. The molecule has 0 radical (unpaired) electrons. The number of carbonyl (C=O) groups is 1. The third-order valence-corrected chi connectivity index (χ3v) is 4.61. The molecular formula is C19H25N5O4. The monoisotopic (exact) mass is 387 g/mol. The fourth-order valence-electron chi connectivity index (χ4n) is 3.12. The van der Waals surface area contributed by atoms with Crippen LogP contribution in [0, 0.1) is 0 Å². The molecule has 0 saturated carbocycles. The molecule has 9 heteroatoms. The Bertz CT molecular complexity index is 812. The molecule has 150 valence electrons. The number of amides is 1. The van der Waals surface area contributed by atoms with Crippen LogP contribution < -0.4 is 24.4 Å². The van der Waals surface area contributed by atoms with Crippen molar-refractivity contribution >= 4 is 23.4 Å². The van der Waals surface area contributed by atoms with Crippen LogP contribution >= 0.6 is 0 Å². The van der Waals surface area contributed by atoms with Crippen LogP contribution in [0.3, 0.4) is 0 Å². The topological polar surface area (TPSA) is 89.1 Å². The van der Waals surface area contributed by atoms with Crippen molar-refractivity contribution in [3.8, 4) is 17.2 Å². The van der Waals surface area contributed by atoms with Crippen LogP contribution in [-0.2, 0) is 4.79 Å². The van der Waals surface area contributed by atoms with Crippen molar-refractivity contribution in [3.63, 3.8) is 0 Å². The molecule has 1 aromatic carbocycles. The highest BCUT2D eigenvalue weighted by Crippen LogP contribution is 2.40. The molecule has 0 aliphatic carbocycles. The third kappa shape index (κ3) is 4.19. The number of nitrogens with one attached hydrogen (secondary N) is 1. The van der Waals surface area contributed by atoms with Crippen molar-refractivity contribution in [2.24, 2.45) is 0 Å². The first-order valence-electron chi connectivity index (χ1n) is 8.96. The lowest BCUT2D eigenvalue weighted by Gasteiger charge is -2.34. The van der Waals surface area contributed by atoms with Crippen molar-refractivity contribution in [1.82, 2.24) is 14.9 Å². The van der Waals surface area contributed by atoms with E-state index in [9.17, 15) is 4.79 Å². The summed E-state index contributed by atoms with van der Waals surface area (Å²) in [7, 11) is 4.70. The van der Waals surface area contributed by atoms with Gasteiger partial charge in [0.1, 0.15) is 5.82 Å². The number of carbonyl (C=O) groups excluding carboxylic acids is 1. The van der Waals surface area contributed by atoms with E-state index in [2.05, 4.69) is 20.2 Å². The Kier molecular flexibility index (Phi) is 6.03. The average molecular weight is 387 g/mol. The van der Waals surface area contributed by atoms with Crippen LogP contribution in [0.15, 0.2) is 24.4 Å². The minimum atomic E-state index is 0.104. The fourth-order valence-corrected chi connectivity index (χ4v) is 3.12. The number of piperazine rings is 1. The van der Waals surface area contributed by atoms with E-state index in [1.807, 2.05) is 11.0 Å². The maximum Gasteiger partial charge on any atom is 0.229 e. The highest BCUT2D eigenvalue weighted by Gasteiger charge is 2.20. The normalized spacial score (nSPS) is 13.9. The van der Waals surface area contributed by atoms with Crippen LogP contribution in [0.25, 0.3) is 0 Å². The minimum absolute atomic E-state index is 0.104. The Morgan fingerprint density at radius 3 is 2.21 bits per heavy atom. The molecule has 0 spiro atoms. The lowest BCUT2D eigenvalue weighted by Crippen LogP contribution is -2.48. The second-order valence-electron chi connectivity index (χ2n) is 6.27. The number of nitrogens with zero attached hydrogens (tertiary/aromatic N) is 4. The van der Waals surface area contributed by atoms with Gasteiger partial charge in [0.2, 0.25) is 17.6 Å². The van der Waals surface area contributed by atoms with Gasteiger partial charge < -0.3 is 29.3 Å². The smallest absolute Gasteiger partial charge is 0.229 e. The summed E-state index contributed by atoms with van der Waals surface area (Å²) in [5.74, 6) is 2.98. The number of benzene rings is 1. The zero-order valence-corrected chi connectivity index (χ0v) is 16.6. The number of hydrogen-bond donors (Lipinski definition) is 1. The average Bonchev–Trinajstić information content (AvgIpc) is 2.73. The van der Waals surface area contributed by atoms with Crippen molar-refractivity contribution in [2.75, 3.05) is 57.7 Å². The second kappa shape index (κ2) is 8.64. The molecule has 2 aromatic rings. The molecule has 28 heavy (non-hydrogen) atoms. The van der Waals surface area contributed by atoms with E-state index < -0.39 is 0 Å². The number of hydrogen-bond acceptors (Lipinski definition) is 8. The van der Waals surface area contributed by atoms with Crippen LogP contribution in [-0.4, -0.2) is 68.3 Å². The first kappa shape index (κ1) is 19.5. The molecule has 0 unspecified atom stereocenters. The number of methoxy groups -OCH3 is 3. The molecular weight excluding hydrogens is 362 g/mol. The SMILES string of the molecule is COc1cc(Nc2nccc(N3CCN(C(C)=O)CC3)n2)cc(OC)c1OC. The highest BCUT2D eigenvalue weighted by molar-refractivity contribution is 5.73. The van der Waals surface area contributed by atoms with Gasteiger partial charge >= 0.3 is 0 Å². The summed E-state index contributed by atoms with van der Waals surface area (Å²) in [6.07, 6.45) is 1.71. The van der Waals surface area contributed by atoms with E-state index in [1.54, 1.807) is 46.6 Å². The number of rotatable bonds is 6. The van der Waals surface area contributed by atoms with Gasteiger partial charge in [0.05, 0.1) is 21.3 Å². The second-order valence-corrected chi connectivity index (χ2v) is 6.27. The van der Waals surface area contributed by atoms with E-state index in [0.29, 0.717) is 42.0 Å². The van der Waals surface area contributed by atoms with Crippen molar-refractivity contribution < 1.29 is 19.0 Å². The van der Waals surface area contributed by atoms with Gasteiger partial charge in [-0.05, 0) is 6.07 Å². The molecule has 1 aliphatic heterocycles. The molecule has 3 rings (SSSR count). The van der Waals surface area contributed by atoms with Gasteiger partial charge in [-0.2, -0.15) is 4.98 Å². The van der Waals surface area contributed by atoms with Gasteiger partial charge in [-0.1, -0.05) is 0 Å². The van der Waals surface area contributed by atoms with E-state index in [0.717, 1.165) is 18.9 Å². The molecule has 2 heterocycles. The van der Waals surface area contributed by atoms with Crippen molar-refractivity contribution in [2.45, 2.75) is 6.92 Å². The largest absolute Gasteiger partial charge is 0.493 e. The zero-order valence-electron chi connectivity index (χ0n) is 16.6. The van der Waals surface area contributed by atoms with Crippen molar-refractivity contribution in [3.05, 3.63) is 24.4 Å². The summed E-state index contributed by atoms with van der Waals surface area (Å²) in [4.78, 5) is 24.4. The first-order valence-corrected chi connectivity index (χ1v) is 8.96. The van der Waals surface area contributed by atoms with Crippen molar-refractivity contribution in [1.29, 1.82) is 0 Å². The molecule has 0 bridgehead atoms. The summed E-state index contributed by atoms with van der Waals surface area (Å²) in [6.45, 7) is 4.45. The maximum atomic E-state index is 11.5. The molecule has 1 aromatic heterocycles. The van der Waals surface area contributed by atoms with E-state index >= 15 is 0 Å². The molecule has 0 atom stereocenters. The summed E-state index contributed by atoms with van der Waals surface area (Å²) in [5, 5.41) is 3.18. The Hall–Kier alpha value is -3.23. The zero-order chi connectivity index (χ0) is 20.1. The predicted octanol–water partition coefficient (Wildman–Crippen LogP) is 1.91. The summed E-state index contributed by atoms with van der Waals surface area (Å²) in [6, 6.07) is 5.45. The molecule has 9 nitrogen and oxygen atoms in total. The van der Waals surface area contributed by atoms with E-state index in [1.165, 1.54) is 0 Å². The Balaban J connectivity index is 1.77. The quantitative estimate of drug-likeness (QED) is 0.804. The van der Waals surface area contributed by atoms with E-state index in [-0.39, 0.29) is 5.91 Å². The Morgan fingerprint density at radius 1 is 1.04 bits per heavy atom. The third-order valence-electron chi connectivity index (χ3n) is 4.61. The number of ether oxygens (including phenoxy) is 3. The standard InChI is InChI=1S/C19H25N5O4/c1-13(25)23-7-9-24(10-8-23)17-5-6-20-19(22-17)21-14-11-15(26-2)18(28-4)16(12-14)27-3/h5-6,11-12H,7-10H2,1-4H3,(H,20,21,22). The van der Waals surface area contributed by atoms with Crippen LogP contribution in [0.1, 0.15) is 6.92 Å². The first-order chi connectivity index (χ1) is 13.5. The lowest BCUT2D eigenvalue weighted by atomic mass is 10.2. The molecule has 1 amide bonds. The molecule has 1 aliphatic rings. The predicted molar refractivity (Wildman–Crippen MR) is 106 cm³/mol. The van der Waals surface area contributed by atoms with Crippen LogP contribution in [0.2, 0.25) is 0 Å². The van der Waals surface area contributed by atoms with Crippen LogP contribution in [0.5, 0.6) is 17.2 Å². The molecule has 1 fully saturated rings. The van der Waals surface area contributed by atoms with Gasteiger partial charge in [0.25, 0.3) is 0 Å². The highest BCUT2D eigenvalue weighted by atomic mass is 16.5. The number of aromatic nitrogens is 2. The van der Waals surface area contributed by atoms with E-state index in [4.69, 9.17) is 14.2 Å². The minimum Gasteiger partial charge on any atom is -0.493 e. The fraction of sp³-hybridized carbons (Fsp3) is 0.421. The molecule has 1 saturated heterocycles.